The molecule has 0 unspecified atom stereocenters. The quantitative estimate of drug-likeness (QED) is 0.237. The van der Waals surface area contributed by atoms with Gasteiger partial charge in [-0.2, -0.15) is 15.0 Å². The number of hydrogen-bond acceptors (Lipinski definition) is 5. The van der Waals surface area contributed by atoms with Gasteiger partial charge in [-0.1, -0.05) is 72.8 Å². The monoisotopic (exact) mass is 531 g/mol. The summed E-state index contributed by atoms with van der Waals surface area (Å²) in [5.41, 5.74) is 6.70. The van der Waals surface area contributed by atoms with E-state index >= 15 is 0 Å². The lowest BCUT2D eigenvalue weighted by Crippen LogP contribution is -2.12. The molecule has 4 heterocycles. The number of aryl methyl sites for hydroxylation is 2. The first kappa shape index (κ1) is 23.5. The predicted octanol–water partition coefficient (Wildman–Crippen LogP) is 7.45. The molecule has 0 aliphatic rings. The standard InChI is InChI=1S/C34H25N7/c1-20-21(2)35-22(3)36-31(20)32-37-33(40-27-16-8-4-12-23(27)24-13-5-9-17-28(24)40)39-34(38-32)41-29-18-10-6-14-25(29)26-15-7-11-19-30(26)41/h4-19H,1-3H3. The summed E-state index contributed by atoms with van der Waals surface area (Å²) >= 11 is 0. The van der Waals surface area contributed by atoms with Gasteiger partial charge in [-0.25, -0.2) is 9.97 Å². The second-order valence-electron chi connectivity index (χ2n) is 10.3. The minimum atomic E-state index is 0.514. The van der Waals surface area contributed by atoms with Gasteiger partial charge in [-0.05, 0) is 50.6 Å². The highest BCUT2D eigenvalue weighted by Crippen LogP contribution is 2.34. The van der Waals surface area contributed by atoms with Crippen LogP contribution in [-0.2, 0) is 0 Å². The van der Waals surface area contributed by atoms with Crippen LogP contribution < -0.4 is 0 Å². The van der Waals surface area contributed by atoms with Gasteiger partial charge in [0.1, 0.15) is 11.5 Å². The van der Waals surface area contributed by atoms with Crippen LogP contribution in [0.4, 0.5) is 0 Å². The minimum Gasteiger partial charge on any atom is -0.278 e. The van der Waals surface area contributed by atoms with Crippen molar-refractivity contribution < 1.29 is 0 Å². The largest absolute Gasteiger partial charge is 0.278 e. The molecule has 0 amide bonds. The highest BCUT2D eigenvalue weighted by atomic mass is 15.3. The van der Waals surface area contributed by atoms with E-state index in [0.29, 0.717) is 29.2 Å². The zero-order chi connectivity index (χ0) is 27.7. The van der Waals surface area contributed by atoms with Gasteiger partial charge in [-0.3, -0.25) is 9.13 Å². The van der Waals surface area contributed by atoms with Crippen LogP contribution >= 0.6 is 0 Å². The number of rotatable bonds is 3. The topological polar surface area (TPSA) is 74.3 Å². The zero-order valence-corrected chi connectivity index (χ0v) is 22.9. The van der Waals surface area contributed by atoms with E-state index in [1.807, 2.05) is 20.8 Å². The molecule has 7 heteroatoms. The van der Waals surface area contributed by atoms with Gasteiger partial charge in [0.2, 0.25) is 11.9 Å². The number of nitrogens with zero attached hydrogens (tertiary/aromatic N) is 7. The Hall–Kier alpha value is -5.43. The van der Waals surface area contributed by atoms with Crippen LogP contribution in [0.15, 0.2) is 97.1 Å². The molecule has 0 saturated carbocycles. The normalized spacial score (nSPS) is 11.8. The second-order valence-corrected chi connectivity index (χ2v) is 10.3. The first-order chi connectivity index (χ1) is 20.1. The average Bonchev–Trinajstić information content (AvgIpc) is 3.52. The molecule has 0 spiro atoms. The van der Waals surface area contributed by atoms with Crippen LogP contribution in [-0.4, -0.2) is 34.1 Å². The van der Waals surface area contributed by atoms with E-state index in [1.165, 1.54) is 0 Å². The highest BCUT2D eigenvalue weighted by Gasteiger charge is 2.21. The van der Waals surface area contributed by atoms with Crippen LogP contribution in [0.25, 0.3) is 67.0 Å². The predicted molar refractivity (Wildman–Crippen MR) is 164 cm³/mol. The molecule has 0 saturated heterocycles. The zero-order valence-electron chi connectivity index (χ0n) is 22.9. The van der Waals surface area contributed by atoms with Crippen molar-refractivity contribution in [2.45, 2.75) is 20.8 Å². The summed E-state index contributed by atoms with van der Waals surface area (Å²) in [4.78, 5) is 24.8. The third-order valence-electron chi connectivity index (χ3n) is 7.88. The molecular weight excluding hydrogens is 506 g/mol. The lowest BCUT2D eigenvalue weighted by Gasteiger charge is -2.13. The summed E-state index contributed by atoms with van der Waals surface area (Å²) < 4.78 is 4.26. The molecule has 8 aromatic rings. The number of para-hydroxylation sites is 4. The Morgan fingerprint density at radius 2 is 0.829 bits per heavy atom. The summed E-state index contributed by atoms with van der Waals surface area (Å²) in [6, 6.07) is 33.5. The molecule has 0 bridgehead atoms. The smallest absolute Gasteiger partial charge is 0.240 e. The van der Waals surface area contributed by atoms with Crippen molar-refractivity contribution in [3.8, 4) is 23.4 Å². The summed E-state index contributed by atoms with van der Waals surface area (Å²) in [6.07, 6.45) is 0. The molecule has 8 rings (SSSR count). The van der Waals surface area contributed by atoms with Crippen molar-refractivity contribution in [1.29, 1.82) is 0 Å². The second kappa shape index (κ2) is 8.79. The van der Waals surface area contributed by atoms with Gasteiger partial charge >= 0.3 is 0 Å². The summed E-state index contributed by atoms with van der Waals surface area (Å²) in [7, 11) is 0. The van der Waals surface area contributed by atoms with Gasteiger partial charge in [0, 0.05) is 27.2 Å². The van der Waals surface area contributed by atoms with E-state index in [2.05, 4.69) is 111 Å². The Bertz CT molecular complexity index is 2070. The molecule has 0 aliphatic carbocycles. The number of fused-ring (bicyclic) bond motifs is 6. The van der Waals surface area contributed by atoms with E-state index in [1.54, 1.807) is 0 Å². The molecule has 41 heavy (non-hydrogen) atoms. The van der Waals surface area contributed by atoms with Crippen molar-refractivity contribution in [1.82, 2.24) is 34.1 Å². The number of hydrogen-bond donors (Lipinski definition) is 0. The van der Waals surface area contributed by atoms with Crippen molar-refractivity contribution in [2.24, 2.45) is 0 Å². The molecule has 196 valence electrons. The van der Waals surface area contributed by atoms with Crippen LogP contribution in [0.3, 0.4) is 0 Å². The van der Waals surface area contributed by atoms with E-state index < -0.39 is 0 Å². The first-order valence-electron chi connectivity index (χ1n) is 13.6. The van der Waals surface area contributed by atoms with Crippen LogP contribution in [0.1, 0.15) is 17.1 Å². The van der Waals surface area contributed by atoms with Crippen molar-refractivity contribution in [2.75, 3.05) is 0 Å². The average molecular weight is 532 g/mol. The maximum absolute atomic E-state index is 5.18. The van der Waals surface area contributed by atoms with Gasteiger partial charge in [0.05, 0.1) is 22.1 Å². The Balaban J connectivity index is 1.53. The first-order valence-corrected chi connectivity index (χ1v) is 13.6. The molecular formula is C34H25N7. The molecule has 0 radical (unpaired) electrons. The minimum absolute atomic E-state index is 0.514. The van der Waals surface area contributed by atoms with E-state index in [0.717, 1.165) is 54.9 Å². The van der Waals surface area contributed by atoms with Crippen molar-refractivity contribution in [3.63, 3.8) is 0 Å². The van der Waals surface area contributed by atoms with E-state index in [-0.39, 0.29) is 0 Å². The van der Waals surface area contributed by atoms with Gasteiger partial charge in [-0.15, -0.1) is 0 Å². The van der Waals surface area contributed by atoms with Crippen LogP contribution in [0.2, 0.25) is 0 Å². The molecule has 0 fully saturated rings. The van der Waals surface area contributed by atoms with Crippen molar-refractivity contribution >= 4 is 43.6 Å². The summed E-state index contributed by atoms with van der Waals surface area (Å²) in [5.74, 6) is 2.27. The molecule has 0 aliphatic heterocycles. The van der Waals surface area contributed by atoms with Crippen LogP contribution in [0.5, 0.6) is 0 Å². The number of benzene rings is 4. The summed E-state index contributed by atoms with van der Waals surface area (Å²) in [5, 5.41) is 4.59. The molecule has 0 atom stereocenters. The van der Waals surface area contributed by atoms with Gasteiger partial charge < -0.3 is 0 Å². The number of aromatic nitrogens is 7. The van der Waals surface area contributed by atoms with Crippen LogP contribution in [0, 0.1) is 20.8 Å². The Morgan fingerprint density at radius 3 is 1.24 bits per heavy atom. The van der Waals surface area contributed by atoms with E-state index in [4.69, 9.17) is 19.9 Å². The third-order valence-corrected chi connectivity index (χ3v) is 7.88. The molecule has 4 aromatic heterocycles. The maximum Gasteiger partial charge on any atom is 0.240 e. The van der Waals surface area contributed by atoms with Crippen molar-refractivity contribution in [3.05, 3.63) is 114 Å². The molecule has 4 aromatic carbocycles. The lowest BCUT2D eigenvalue weighted by molar-refractivity contribution is 0.881. The fraction of sp³-hybridized carbons (Fsp3) is 0.0882. The Kier molecular flexibility index (Phi) is 5.03. The van der Waals surface area contributed by atoms with Gasteiger partial charge in [0.15, 0.2) is 5.82 Å². The maximum atomic E-state index is 5.18. The fourth-order valence-electron chi connectivity index (χ4n) is 5.92. The molecule has 0 N–H and O–H groups in total. The fourth-order valence-corrected chi connectivity index (χ4v) is 5.92. The summed E-state index contributed by atoms with van der Waals surface area (Å²) in [6.45, 7) is 5.92. The molecule has 7 nitrogen and oxygen atoms in total. The lowest BCUT2D eigenvalue weighted by atomic mass is 10.2. The third kappa shape index (κ3) is 3.49. The Labute approximate surface area is 235 Å². The highest BCUT2D eigenvalue weighted by molar-refractivity contribution is 6.10. The SMILES string of the molecule is Cc1nc(C)c(C)c(-c2nc(-n3c4ccccc4c4ccccc43)nc(-n3c4ccccc4c4ccccc43)n2)n1. The Morgan fingerprint density at radius 1 is 0.439 bits per heavy atom. The van der Waals surface area contributed by atoms with E-state index in [9.17, 15) is 0 Å². The van der Waals surface area contributed by atoms with Gasteiger partial charge in [0.25, 0.3) is 0 Å².